The molecule has 25 heavy (non-hydrogen) atoms. The number of benzene rings is 2. The van der Waals surface area contributed by atoms with E-state index in [0.717, 1.165) is 11.1 Å². The molecule has 1 atom stereocenters. The summed E-state index contributed by atoms with van der Waals surface area (Å²) in [5.41, 5.74) is 2.67. The van der Waals surface area contributed by atoms with Gasteiger partial charge in [0, 0.05) is 13.0 Å². The van der Waals surface area contributed by atoms with Gasteiger partial charge in [0.2, 0.25) is 5.91 Å². The standard InChI is InChI=1S/C20H21NO4/c1-13-7-6-10-17(14(13)2)25-20(23)15-11-19(22)21(12-15)16-8-4-5-9-18(16)24-3/h4-10,15H,11-12H2,1-3H3/t15-/m1/s1. The van der Waals surface area contributed by atoms with Crippen LogP contribution in [-0.4, -0.2) is 25.5 Å². The van der Waals surface area contributed by atoms with Crippen LogP contribution >= 0.6 is 0 Å². The van der Waals surface area contributed by atoms with Crippen molar-refractivity contribution >= 4 is 17.6 Å². The lowest BCUT2D eigenvalue weighted by Crippen LogP contribution is -2.27. The molecule has 5 nitrogen and oxygen atoms in total. The highest BCUT2D eigenvalue weighted by Gasteiger charge is 2.37. The van der Waals surface area contributed by atoms with Crippen LogP contribution in [0.5, 0.6) is 11.5 Å². The van der Waals surface area contributed by atoms with E-state index in [1.165, 1.54) is 0 Å². The van der Waals surface area contributed by atoms with Crippen molar-refractivity contribution in [1.29, 1.82) is 0 Å². The van der Waals surface area contributed by atoms with Gasteiger partial charge in [-0.05, 0) is 43.2 Å². The molecule has 1 amide bonds. The molecule has 3 rings (SSSR count). The van der Waals surface area contributed by atoms with Gasteiger partial charge in [-0.25, -0.2) is 0 Å². The van der Waals surface area contributed by atoms with Gasteiger partial charge >= 0.3 is 5.97 Å². The van der Waals surface area contributed by atoms with E-state index in [-0.39, 0.29) is 18.3 Å². The molecule has 0 radical (unpaired) electrons. The Morgan fingerprint density at radius 3 is 2.56 bits per heavy atom. The maximum Gasteiger partial charge on any atom is 0.316 e. The van der Waals surface area contributed by atoms with E-state index in [0.29, 0.717) is 23.7 Å². The molecule has 0 bridgehead atoms. The second-order valence-electron chi connectivity index (χ2n) is 6.20. The van der Waals surface area contributed by atoms with E-state index < -0.39 is 5.92 Å². The SMILES string of the molecule is COc1ccccc1N1C[C@H](C(=O)Oc2cccc(C)c2C)CC1=O. The normalized spacial score (nSPS) is 16.8. The van der Waals surface area contributed by atoms with E-state index >= 15 is 0 Å². The molecule has 1 aliphatic rings. The first-order chi connectivity index (χ1) is 12.0. The second-order valence-corrected chi connectivity index (χ2v) is 6.20. The number of nitrogens with zero attached hydrogens (tertiary/aromatic N) is 1. The Morgan fingerprint density at radius 1 is 1.08 bits per heavy atom. The monoisotopic (exact) mass is 339 g/mol. The van der Waals surface area contributed by atoms with Gasteiger partial charge in [0.25, 0.3) is 0 Å². The number of carbonyl (C=O) groups excluding carboxylic acids is 2. The van der Waals surface area contributed by atoms with Crippen molar-refractivity contribution in [3.63, 3.8) is 0 Å². The van der Waals surface area contributed by atoms with E-state index in [9.17, 15) is 9.59 Å². The topological polar surface area (TPSA) is 55.8 Å². The highest BCUT2D eigenvalue weighted by atomic mass is 16.5. The summed E-state index contributed by atoms with van der Waals surface area (Å²) in [7, 11) is 1.56. The minimum Gasteiger partial charge on any atom is -0.495 e. The molecule has 130 valence electrons. The lowest BCUT2D eigenvalue weighted by molar-refractivity contribution is -0.139. The number of hydrogen-bond acceptors (Lipinski definition) is 4. The molecule has 0 aliphatic carbocycles. The molecule has 0 saturated carbocycles. The van der Waals surface area contributed by atoms with E-state index in [1.807, 2.05) is 44.2 Å². The zero-order chi connectivity index (χ0) is 18.0. The van der Waals surface area contributed by atoms with Gasteiger partial charge in [-0.2, -0.15) is 0 Å². The first kappa shape index (κ1) is 17.0. The number of carbonyl (C=O) groups is 2. The Bertz CT molecular complexity index is 815. The average Bonchev–Trinajstić information content (AvgIpc) is 3.00. The fraction of sp³-hybridized carbons (Fsp3) is 0.300. The van der Waals surface area contributed by atoms with Gasteiger partial charge in [0.15, 0.2) is 0 Å². The number of esters is 1. The predicted molar refractivity (Wildman–Crippen MR) is 95.0 cm³/mol. The first-order valence-electron chi connectivity index (χ1n) is 8.22. The van der Waals surface area contributed by atoms with Gasteiger partial charge in [0.05, 0.1) is 18.7 Å². The summed E-state index contributed by atoms with van der Waals surface area (Å²) in [6, 6.07) is 12.9. The number of anilines is 1. The van der Waals surface area contributed by atoms with Crippen LogP contribution in [0.15, 0.2) is 42.5 Å². The van der Waals surface area contributed by atoms with E-state index in [1.54, 1.807) is 24.1 Å². The quantitative estimate of drug-likeness (QED) is 0.634. The Hall–Kier alpha value is -2.82. The molecule has 1 fully saturated rings. The predicted octanol–water partition coefficient (Wildman–Crippen LogP) is 3.27. The third-order valence-electron chi connectivity index (χ3n) is 4.60. The number of aryl methyl sites for hydroxylation is 1. The zero-order valence-corrected chi connectivity index (χ0v) is 14.6. The molecule has 1 saturated heterocycles. The summed E-state index contributed by atoms with van der Waals surface area (Å²) in [6.07, 6.45) is 0.141. The highest BCUT2D eigenvalue weighted by Crippen LogP contribution is 2.33. The number of amides is 1. The minimum absolute atomic E-state index is 0.104. The highest BCUT2D eigenvalue weighted by molar-refractivity contribution is 6.00. The number of rotatable bonds is 4. The zero-order valence-electron chi connectivity index (χ0n) is 14.6. The summed E-state index contributed by atoms with van der Waals surface area (Å²) in [5.74, 6) is 0.191. The summed E-state index contributed by atoms with van der Waals surface area (Å²) in [4.78, 5) is 26.5. The molecule has 0 N–H and O–H groups in total. The molecular formula is C20H21NO4. The molecule has 1 heterocycles. The molecule has 5 heteroatoms. The Morgan fingerprint density at radius 2 is 1.80 bits per heavy atom. The van der Waals surface area contributed by atoms with Crippen molar-refractivity contribution in [3.8, 4) is 11.5 Å². The smallest absolute Gasteiger partial charge is 0.316 e. The fourth-order valence-corrected chi connectivity index (χ4v) is 2.98. The minimum atomic E-state index is -0.489. The maximum absolute atomic E-state index is 12.5. The number of ether oxygens (including phenoxy) is 2. The van der Waals surface area contributed by atoms with E-state index in [4.69, 9.17) is 9.47 Å². The van der Waals surface area contributed by atoms with Gasteiger partial charge in [0.1, 0.15) is 11.5 Å². The summed E-state index contributed by atoms with van der Waals surface area (Å²) in [6.45, 7) is 4.18. The van der Waals surface area contributed by atoms with Crippen LogP contribution in [-0.2, 0) is 9.59 Å². The van der Waals surface area contributed by atoms with Gasteiger partial charge in [-0.3, -0.25) is 9.59 Å². The van der Waals surface area contributed by atoms with Crippen LogP contribution in [0.4, 0.5) is 5.69 Å². The van der Waals surface area contributed by atoms with Gasteiger partial charge in [-0.15, -0.1) is 0 Å². The molecule has 0 unspecified atom stereocenters. The van der Waals surface area contributed by atoms with Crippen LogP contribution < -0.4 is 14.4 Å². The molecule has 1 aliphatic heterocycles. The fourth-order valence-electron chi connectivity index (χ4n) is 2.98. The van der Waals surface area contributed by atoms with Gasteiger partial charge in [-0.1, -0.05) is 24.3 Å². The third-order valence-corrected chi connectivity index (χ3v) is 4.60. The van der Waals surface area contributed by atoms with Crippen molar-refractivity contribution < 1.29 is 19.1 Å². The van der Waals surface area contributed by atoms with Gasteiger partial charge < -0.3 is 14.4 Å². The van der Waals surface area contributed by atoms with Crippen LogP contribution in [0.2, 0.25) is 0 Å². The molecular weight excluding hydrogens is 318 g/mol. The average molecular weight is 339 g/mol. The Balaban J connectivity index is 1.76. The summed E-state index contributed by atoms with van der Waals surface area (Å²) >= 11 is 0. The maximum atomic E-state index is 12.5. The third kappa shape index (κ3) is 3.36. The number of methoxy groups -OCH3 is 1. The van der Waals surface area contributed by atoms with Crippen molar-refractivity contribution in [2.45, 2.75) is 20.3 Å². The van der Waals surface area contributed by atoms with Crippen molar-refractivity contribution in [3.05, 3.63) is 53.6 Å². The Labute approximate surface area is 147 Å². The largest absolute Gasteiger partial charge is 0.495 e. The summed E-state index contributed by atoms with van der Waals surface area (Å²) in [5, 5.41) is 0. The number of hydrogen-bond donors (Lipinski definition) is 0. The lowest BCUT2D eigenvalue weighted by Gasteiger charge is -2.19. The Kier molecular flexibility index (Phi) is 4.74. The van der Waals surface area contributed by atoms with Crippen LogP contribution in [0, 0.1) is 19.8 Å². The van der Waals surface area contributed by atoms with Crippen LogP contribution in [0.3, 0.4) is 0 Å². The van der Waals surface area contributed by atoms with Crippen LogP contribution in [0.25, 0.3) is 0 Å². The van der Waals surface area contributed by atoms with Crippen molar-refractivity contribution in [2.75, 3.05) is 18.6 Å². The molecule has 0 spiro atoms. The molecule has 2 aromatic carbocycles. The van der Waals surface area contributed by atoms with Crippen molar-refractivity contribution in [1.82, 2.24) is 0 Å². The number of para-hydroxylation sites is 2. The lowest BCUT2D eigenvalue weighted by atomic mass is 10.1. The first-order valence-corrected chi connectivity index (χ1v) is 8.22. The van der Waals surface area contributed by atoms with Crippen LogP contribution in [0.1, 0.15) is 17.5 Å². The summed E-state index contributed by atoms with van der Waals surface area (Å²) < 4.78 is 10.9. The van der Waals surface area contributed by atoms with E-state index in [2.05, 4.69) is 0 Å². The molecule has 2 aromatic rings. The molecule has 0 aromatic heterocycles. The van der Waals surface area contributed by atoms with Crippen molar-refractivity contribution in [2.24, 2.45) is 5.92 Å². The second kappa shape index (κ2) is 6.97.